The number of methoxy groups -OCH3 is 1. The van der Waals surface area contributed by atoms with Crippen molar-refractivity contribution in [1.29, 1.82) is 0 Å². The summed E-state index contributed by atoms with van der Waals surface area (Å²) in [6, 6.07) is 2.53. The summed E-state index contributed by atoms with van der Waals surface area (Å²) in [6.07, 6.45) is 0. The fraction of sp³-hybridized carbons (Fsp3) is 0.125. The minimum Gasteiger partial charge on any atom is -0.494 e. The predicted molar refractivity (Wildman–Crippen MR) is 47.6 cm³/mol. The predicted octanol–water partition coefficient (Wildman–Crippen LogP) is 2.71. The normalized spacial score (nSPS) is 9.15. The van der Waals surface area contributed by atoms with E-state index in [0.29, 0.717) is 0 Å². The molecule has 1 rings (SSSR count). The first-order chi connectivity index (χ1) is 6.20. The van der Waals surface area contributed by atoms with Crippen molar-refractivity contribution in [2.24, 2.45) is 4.99 Å². The molecule has 1 aromatic carbocycles. The summed E-state index contributed by atoms with van der Waals surface area (Å²) in [5, 5.41) is 1.95. The number of hydrogen-bond donors (Lipinski definition) is 0. The second-order valence-electron chi connectivity index (χ2n) is 2.12. The molecule has 0 radical (unpaired) electrons. The van der Waals surface area contributed by atoms with Crippen molar-refractivity contribution in [3.05, 3.63) is 23.8 Å². The molecule has 0 aromatic heterocycles. The van der Waals surface area contributed by atoms with Gasteiger partial charge in [-0.2, -0.15) is 9.38 Å². The minimum atomic E-state index is -1.09. The van der Waals surface area contributed by atoms with Crippen LogP contribution >= 0.6 is 12.2 Å². The highest BCUT2D eigenvalue weighted by Crippen LogP contribution is 2.26. The van der Waals surface area contributed by atoms with Gasteiger partial charge < -0.3 is 4.74 Å². The zero-order valence-corrected chi connectivity index (χ0v) is 7.49. The molecular formula is C8H5F2NOS. The summed E-state index contributed by atoms with van der Waals surface area (Å²) >= 11 is 4.26. The number of ether oxygens (including phenoxy) is 1. The van der Waals surface area contributed by atoms with Crippen LogP contribution in [0.1, 0.15) is 0 Å². The van der Waals surface area contributed by atoms with Crippen molar-refractivity contribution >= 4 is 23.1 Å². The number of thiocarbonyl (C=S) groups is 1. The lowest BCUT2D eigenvalue weighted by atomic mass is 10.3. The van der Waals surface area contributed by atoms with E-state index in [1.807, 2.05) is 5.16 Å². The van der Waals surface area contributed by atoms with Crippen molar-refractivity contribution < 1.29 is 13.5 Å². The molecule has 0 heterocycles. The van der Waals surface area contributed by atoms with E-state index >= 15 is 0 Å². The second-order valence-corrected chi connectivity index (χ2v) is 2.30. The van der Waals surface area contributed by atoms with E-state index in [9.17, 15) is 8.78 Å². The Bertz CT molecular complexity index is 375. The third-order valence-electron chi connectivity index (χ3n) is 1.41. The van der Waals surface area contributed by atoms with Crippen molar-refractivity contribution in [1.82, 2.24) is 0 Å². The van der Waals surface area contributed by atoms with Crippen LogP contribution in [0.3, 0.4) is 0 Å². The average molecular weight is 201 g/mol. The summed E-state index contributed by atoms with van der Waals surface area (Å²) in [6.45, 7) is 0. The highest BCUT2D eigenvalue weighted by Gasteiger charge is 2.12. The Morgan fingerprint density at radius 2 is 2.08 bits per heavy atom. The molecule has 0 fully saturated rings. The Morgan fingerprint density at radius 1 is 1.38 bits per heavy atom. The lowest BCUT2D eigenvalue weighted by Gasteiger charge is -2.02. The molecule has 0 atom stereocenters. The standard InChI is InChI=1S/C8H5F2NOS/c1-12-6-3-2-5(11-4-13)7(9)8(6)10/h2-3H,1H3. The third-order valence-corrected chi connectivity index (χ3v) is 1.50. The number of hydrogen-bond acceptors (Lipinski definition) is 3. The number of rotatable bonds is 2. The van der Waals surface area contributed by atoms with Gasteiger partial charge in [-0.1, -0.05) is 0 Å². The van der Waals surface area contributed by atoms with Gasteiger partial charge in [0.25, 0.3) is 0 Å². The van der Waals surface area contributed by atoms with E-state index in [4.69, 9.17) is 0 Å². The fourth-order valence-electron chi connectivity index (χ4n) is 0.815. The van der Waals surface area contributed by atoms with E-state index in [2.05, 4.69) is 21.9 Å². The Balaban J connectivity index is 3.30. The Morgan fingerprint density at radius 3 is 2.62 bits per heavy atom. The molecule has 0 N–H and O–H groups in total. The van der Waals surface area contributed by atoms with Gasteiger partial charge in [0.05, 0.1) is 12.3 Å². The number of isothiocyanates is 1. The smallest absolute Gasteiger partial charge is 0.202 e. The van der Waals surface area contributed by atoms with E-state index < -0.39 is 11.6 Å². The molecule has 0 aliphatic rings. The summed E-state index contributed by atoms with van der Waals surface area (Å²) < 4.78 is 30.5. The van der Waals surface area contributed by atoms with Crippen LogP contribution in [0.15, 0.2) is 17.1 Å². The van der Waals surface area contributed by atoms with Crippen LogP contribution < -0.4 is 4.74 Å². The van der Waals surface area contributed by atoms with Crippen molar-refractivity contribution in [3.8, 4) is 5.75 Å². The third kappa shape index (κ3) is 1.88. The van der Waals surface area contributed by atoms with Crippen molar-refractivity contribution in [3.63, 3.8) is 0 Å². The van der Waals surface area contributed by atoms with Gasteiger partial charge in [-0.3, -0.25) is 0 Å². The van der Waals surface area contributed by atoms with Crippen LogP contribution in [0.25, 0.3) is 0 Å². The molecule has 0 aliphatic carbocycles. The molecule has 0 saturated carbocycles. The maximum absolute atomic E-state index is 13.0. The maximum Gasteiger partial charge on any atom is 0.202 e. The Labute approximate surface area is 78.9 Å². The zero-order chi connectivity index (χ0) is 9.84. The highest BCUT2D eigenvalue weighted by atomic mass is 32.1. The lowest BCUT2D eigenvalue weighted by molar-refractivity contribution is 0.372. The van der Waals surface area contributed by atoms with Gasteiger partial charge in [0.15, 0.2) is 11.6 Å². The molecule has 1 aromatic rings. The largest absolute Gasteiger partial charge is 0.494 e. The van der Waals surface area contributed by atoms with Gasteiger partial charge in [-0.25, -0.2) is 4.39 Å². The Kier molecular flexibility index (Phi) is 3.06. The minimum absolute atomic E-state index is 0.166. The molecule has 0 aliphatic heterocycles. The molecule has 0 amide bonds. The van der Waals surface area contributed by atoms with Gasteiger partial charge in [0.2, 0.25) is 5.82 Å². The first-order valence-electron chi connectivity index (χ1n) is 3.30. The number of aliphatic imine (C=N–C) groups is 1. The zero-order valence-electron chi connectivity index (χ0n) is 6.67. The average Bonchev–Trinajstić information content (AvgIpc) is 2.14. The van der Waals surface area contributed by atoms with Crippen LogP contribution in [0.5, 0.6) is 5.75 Å². The summed E-state index contributed by atoms with van der Waals surface area (Å²) in [7, 11) is 1.25. The first kappa shape index (κ1) is 9.77. The van der Waals surface area contributed by atoms with Crippen LogP contribution in [0.4, 0.5) is 14.5 Å². The van der Waals surface area contributed by atoms with Gasteiger partial charge in [-0.05, 0) is 24.4 Å². The van der Waals surface area contributed by atoms with Gasteiger partial charge in [0.1, 0.15) is 5.69 Å². The summed E-state index contributed by atoms with van der Waals surface area (Å²) in [5.74, 6) is -2.33. The topological polar surface area (TPSA) is 21.6 Å². The monoisotopic (exact) mass is 201 g/mol. The Hall–Kier alpha value is -1.32. The molecule has 0 saturated heterocycles. The molecule has 2 nitrogen and oxygen atoms in total. The quantitative estimate of drug-likeness (QED) is 0.542. The van der Waals surface area contributed by atoms with Crippen molar-refractivity contribution in [2.75, 3.05) is 7.11 Å². The van der Waals surface area contributed by atoms with Crippen LogP contribution in [-0.2, 0) is 0 Å². The molecule has 0 bridgehead atoms. The van der Waals surface area contributed by atoms with Gasteiger partial charge in [-0.15, -0.1) is 0 Å². The first-order valence-corrected chi connectivity index (χ1v) is 3.71. The number of benzene rings is 1. The molecule has 13 heavy (non-hydrogen) atoms. The van der Waals surface area contributed by atoms with Crippen LogP contribution in [-0.4, -0.2) is 12.3 Å². The lowest BCUT2D eigenvalue weighted by Crippen LogP contribution is -1.91. The van der Waals surface area contributed by atoms with Crippen LogP contribution in [0.2, 0.25) is 0 Å². The van der Waals surface area contributed by atoms with Crippen molar-refractivity contribution in [2.45, 2.75) is 0 Å². The van der Waals surface area contributed by atoms with E-state index in [1.165, 1.54) is 19.2 Å². The number of halogens is 2. The van der Waals surface area contributed by atoms with E-state index in [1.54, 1.807) is 0 Å². The molecule has 68 valence electrons. The van der Waals surface area contributed by atoms with Crippen LogP contribution in [0, 0.1) is 11.6 Å². The summed E-state index contributed by atoms with van der Waals surface area (Å²) in [4.78, 5) is 3.34. The molecular weight excluding hydrogens is 196 g/mol. The molecule has 0 unspecified atom stereocenters. The van der Waals surface area contributed by atoms with E-state index in [0.717, 1.165) is 0 Å². The molecule has 5 heteroatoms. The summed E-state index contributed by atoms with van der Waals surface area (Å²) in [5.41, 5.74) is -0.187. The van der Waals surface area contributed by atoms with Gasteiger partial charge in [0, 0.05) is 0 Å². The SMILES string of the molecule is COc1ccc(N=C=S)c(F)c1F. The van der Waals surface area contributed by atoms with E-state index in [-0.39, 0.29) is 11.4 Å². The maximum atomic E-state index is 13.0. The number of nitrogens with zero attached hydrogens (tertiary/aromatic N) is 1. The second kappa shape index (κ2) is 4.07. The van der Waals surface area contributed by atoms with Gasteiger partial charge >= 0.3 is 0 Å². The highest BCUT2D eigenvalue weighted by molar-refractivity contribution is 7.78. The fourth-order valence-corrected chi connectivity index (χ4v) is 0.913. The molecule has 0 spiro atoms.